The van der Waals surface area contributed by atoms with Crippen molar-refractivity contribution in [2.24, 2.45) is 0 Å². The Morgan fingerprint density at radius 2 is 1.66 bits per heavy atom. The van der Waals surface area contributed by atoms with Gasteiger partial charge in [0.1, 0.15) is 5.75 Å². The summed E-state index contributed by atoms with van der Waals surface area (Å²) in [6.07, 6.45) is -0.507. The number of nitrogens with zero attached hydrogens (tertiary/aromatic N) is 2. The lowest BCUT2D eigenvalue weighted by Gasteiger charge is -2.28. The van der Waals surface area contributed by atoms with Crippen molar-refractivity contribution in [1.82, 2.24) is 0 Å². The second-order valence-electron chi connectivity index (χ2n) is 8.03. The molecule has 1 heterocycles. The predicted molar refractivity (Wildman–Crippen MR) is 130 cm³/mol. The van der Waals surface area contributed by atoms with Crippen LogP contribution in [-0.2, 0) is 4.74 Å². The molecule has 32 heavy (non-hydrogen) atoms. The summed E-state index contributed by atoms with van der Waals surface area (Å²) in [7, 11) is 4.03. The van der Waals surface area contributed by atoms with Gasteiger partial charge in [-0.05, 0) is 66.1 Å². The van der Waals surface area contributed by atoms with Gasteiger partial charge in [0.15, 0.2) is 0 Å². The van der Waals surface area contributed by atoms with Crippen LogP contribution < -0.4 is 19.9 Å². The normalized spacial score (nSPS) is 13.5. The van der Waals surface area contributed by atoms with Gasteiger partial charge >= 0.3 is 6.09 Å². The topological polar surface area (TPSA) is 54.0 Å². The summed E-state index contributed by atoms with van der Waals surface area (Å²) in [5.41, 5.74) is 5.99. The third-order valence-corrected chi connectivity index (χ3v) is 5.67. The first kappa shape index (κ1) is 21.7. The molecular weight excluding hydrogens is 402 g/mol. The van der Waals surface area contributed by atoms with Crippen LogP contribution in [0.3, 0.4) is 0 Å². The number of carbonyl (C=O) groups is 1. The Balaban J connectivity index is 1.42. The number of hydrogen-bond acceptors (Lipinski definition) is 5. The second-order valence-corrected chi connectivity index (χ2v) is 8.03. The van der Waals surface area contributed by atoms with Gasteiger partial charge in [-0.3, -0.25) is 5.32 Å². The molecule has 0 aromatic heterocycles. The highest BCUT2D eigenvalue weighted by Crippen LogP contribution is 2.31. The van der Waals surface area contributed by atoms with E-state index in [-0.39, 0.29) is 0 Å². The smallest absolute Gasteiger partial charge is 0.410 e. The lowest BCUT2D eigenvalue weighted by molar-refractivity contribution is 0.122. The minimum absolute atomic E-state index is 0.507. The first-order chi connectivity index (χ1) is 15.5. The minimum Gasteiger partial charge on any atom is -0.410 e. The molecule has 1 fully saturated rings. The van der Waals surface area contributed by atoms with Gasteiger partial charge in [-0.15, -0.1) is 0 Å². The average Bonchev–Trinajstić information content (AvgIpc) is 2.81. The molecular formula is C26H29N3O3. The lowest BCUT2D eigenvalue weighted by Crippen LogP contribution is -2.36. The van der Waals surface area contributed by atoms with Gasteiger partial charge in [0.05, 0.1) is 13.2 Å². The summed E-state index contributed by atoms with van der Waals surface area (Å²) in [4.78, 5) is 16.9. The van der Waals surface area contributed by atoms with E-state index in [0.717, 1.165) is 54.4 Å². The van der Waals surface area contributed by atoms with Gasteiger partial charge in [-0.1, -0.05) is 24.3 Å². The fourth-order valence-electron chi connectivity index (χ4n) is 3.80. The molecule has 6 heteroatoms. The van der Waals surface area contributed by atoms with Gasteiger partial charge in [-0.2, -0.15) is 0 Å². The quantitative estimate of drug-likeness (QED) is 0.604. The van der Waals surface area contributed by atoms with Crippen LogP contribution in [0.2, 0.25) is 0 Å². The van der Waals surface area contributed by atoms with E-state index < -0.39 is 6.09 Å². The Morgan fingerprint density at radius 3 is 2.31 bits per heavy atom. The standard InChI is InChI=1S/C26H29N3O3/c1-19-24(20-7-11-22(12-8-20)28(2)3)5-4-6-25(19)32-26(30)27-21-9-13-23(14-10-21)29-15-17-31-18-16-29/h4-14H,15-18H2,1-3H3,(H,27,30). The van der Waals surface area contributed by atoms with Crippen LogP contribution in [-0.4, -0.2) is 46.5 Å². The van der Waals surface area contributed by atoms with Crippen LogP contribution in [0, 0.1) is 6.92 Å². The maximum atomic E-state index is 12.5. The fraction of sp³-hybridized carbons (Fsp3) is 0.269. The molecule has 1 N–H and O–H groups in total. The molecule has 1 aliphatic heterocycles. The van der Waals surface area contributed by atoms with Gasteiger partial charge in [0.2, 0.25) is 0 Å². The zero-order chi connectivity index (χ0) is 22.5. The molecule has 1 aliphatic rings. The first-order valence-corrected chi connectivity index (χ1v) is 10.8. The zero-order valence-corrected chi connectivity index (χ0v) is 18.8. The van der Waals surface area contributed by atoms with E-state index >= 15 is 0 Å². The maximum absolute atomic E-state index is 12.5. The first-order valence-electron chi connectivity index (χ1n) is 10.8. The van der Waals surface area contributed by atoms with E-state index in [1.165, 1.54) is 0 Å². The molecule has 1 amide bonds. The Kier molecular flexibility index (Phi) is 6.61. The number of ether oxygens (including phenoxy) is 2. The van der Waals surface area contributed by atoms with Crippen molar-refractivity contribution in [2.45, 2.75) is 6.92 Å². The molecule has 0 spiro atoms. The summed E-state index contributed by atoms with van der Waals surface area (Å²) in [6.45, 7) is 5.20. The molecule has 3 aromatic carbocycles. The molecule has 6 nitrogen and oxygen atoms in total. The molecule has 0 radical (unpaired) electrons. The van der Waals surface area contributed by atoms with Gasteiger partial charge in [0, 0.05) is 44.2 Å². The van der Waals surface area contributed by atoms with Gasteiger partial charge in [-0.25, -0.2) is 4.79 Å². The maximum Gasteiger partial charge on any atom is 0.417 e. The average molecular weight is 432 g/mol. The second kappa shape index (κ2) is 9.75. The monoisotopic (exact) mass is 431 g/mol. The van der Waals surface area contributed by atoms with Crippen molar-refractivity contribution in [3.63, 3.8) is 0 Å². The van der Waals surface area contributed by atoms with Crippen molar-refractivity contribution in [3.8, 4) is 16.9 Å². The van der Waals surface area contributed by atoms with Crippen molar-refractivity contribution in [3.05, 3.63) is 72.3 Å². The Hall–Kier alpha value is -3.51. The summed E-state index contributed by atoms with van der Waals surface area (Å²) in [6, 6.07) is 21.9. The van der Waals surface area contributed by atoms with Gasteiger partial charge < -0.3 is 19.3 Å². The molecule has 4 rings (SSSR count). The van der Waals surface area contributed by atoms with Crippen LogP contribution in [0.4, 0.5) is 21.9 Å². The van der Waals surface area contributed by atoms with Crippen LogP contribution in [0.1, 0.15) is 5.56 Å². The van der Waals surface area contributed by atoms with E-state index in [2.05, 4.69) is 39.4 Å². The molecule has 0 aliphatic carbocycles. The van der Waals surface area contributed by atoms with Crippen molar-refractivity contribution in [2.75, 3.05) is 55.5 Å². The number of rotatable bonds is 5. The van der Waals surface area contributed by atoms with E-state index in [0.29, 0.717) is 11.4 Å². The predicted octanol–water partition coefficient (Wildman–Crippen LogP) is 5.18. The van der Waals surface area contributed by atoms with E-state index in [9.17, 15) is 4.79 Å². The lowest BCUT2D eigenvalue weighted by atomic mass is 9.99. The summed E-state index contributed by atoms with van der Waals surface area (Å²) < 4.78 is 11.0. The molecule has 0 saturated carbocycles. The summed E-state index contributed by atoms with van der Waals surface area (Å²) in [5.74, 6) is 0.543. The number of amides is 1. The molecule has 1 saturated heterocycles. The molecule has 3 aromatic rings. The largest absolute Gasteiger partial charge is 0.417 e. The van der Waals surface area contributed by atoms with Crippen molar-refractivity contribution < 1.29 is 14.3 Å². The number of morpholine rings is 1. The van der Waals surface area contributed by atoms with Crippen LogP contribution in [0.15, 0.2) is 66.7 Å². The SMILES string of the molecule is Cc1c(OC(=O)Nc2ccc(N3CCOCC3)cc2)cccc1-c1ccc(N(C)C)cc1. The Morgan fingerprint density at radius 1 is 0.969 bits per heavy atom. The van der Waals surface area contributed by atoms with E-state index in [1.54, 1.807) is 0 Å². The molecule has 0 atom stereocenters. The summed E-state index contributed by atoms with van der Waals surface area (Å²) in [5, 5.41) is 2.82. The number of hydrogen-bond donors (Lipinski definition) is 1. The summed E-state index contributed by atoms with van der Waals surface area (Å²) >= 11 is 0. The molecule has 166 valence electrons. The Labute approximate surface area is 189 Å². The number of benzene rings is 3. The van der Waals surface area contributed by atoms with Crippen LogP contribution in [0.25, 0.3) is 11.1 Å². The van der Waals surface area contributed by atoms with Crippen LogP contribution >= 0.6 is 0 Å². The molecule has 0 unspecified atom stereocenters. The fourth-order valence-corrected chi connectivity index (χ4v) is 3.80. The third kappa shape index (κ3) is 5.03. The highest BCUT2D eigenvalue weighted by Gasteiger charge is 2.13. The number of anilines is 3. The Bertz CT molecular complexity index is 1060. The molecule has 0 bridgehead atoms. The highest BCUT2D eigenvalue weighted by molar-refractivity contribution is 5.87. The number of carbonyl (C=O) groups excluding carboxylic acids is 1. The highest BCUT2D eigenvalue weighted by atomic mass is 16.6. The van der Waals surface area contributed by atoms with Crippen LogP contribution in [0.5, 0.6) is 5.75 Å². The number of nitrogens with one attached hydrogen (secondary N) is 1. The van der Waals surface area contributed by atoms with E-state index in [1.807, 2.05) is 63.5 Å². The zero-order valence-electron chi connectivity index (χ0n) is 18.8. The van der Waals surface area contributed by atoms with E-state index in [4.69, 9.17) is 9.47 Å². The van der Waals surface area contributed by atoms with Gasteiger partial charge in [0.25, 0.3) is 0 Å². The van der Waals surface area contributed by atoms with Crippen molar-refractivity contribution in [1.29, 1.82) is 0 Å². The third-order valence-electron chi connectivity index (χ3n) is 5.67. The minimum atomic E-state index is -0.507. The van der Waals surface area contributed by atoms with Crippen molar-refractivity contribution >= 4 is 23.2 Å².